The predicted molar refractivity (Wildman–Crippen MR) is 75.7 cm³/mol. The van der Waals surface area contributed by atoms with Crippen LogP contribution in [0, 0.1) is 6.92 Å². The van der Waals surface area contributed by atoms with Crippen molar-refractivity contribution >= 4 is 10.8 Å². The molecule has 2 heterocycles. The number of aromatic nitrogens is 1. The van der Waals surface area contributed by atoms with E-state index in [0.29, 0.717) is 0 Å². The van der Waals surface area contributed by atoms with E-state index in [4.69, 9.17) is 4.42 Å². The second-order valence-electron chi connectivity index (χ2n) is 4.67. The molecule has 1 aromatic carbocycles. The molecule has 0 spiro atoms. The van der Waals surface area contributed by atoms with E-state index in [0.717, 1.165) is 24.6 Å². The molecule has 3 aromatic rings. The van der Waals surface area contributed by atoms with Gasteiger partial charge in [0.25, 0.3) is 0 Å². The first-order valence-corrected chi connectivity index (χ1v) is 6.40. The lowest BCUT2D eigenvalue weighted by Crippen LogP contribution is -2.11. The quantitative estimate of drug-likeness (QED) is 0.773. The molecule has 0 atom stereocenters. The highest BCUT2D eigenvalue weighted by Gasteiger charge is 1.99. The Bertz CT molecular complexity index is 688. The lowest BCUT2D eigenvalue weighted by atomic mass is 10.1. The fourth-order valence-electron chi connectivity index (χ4n) is 2.15. The molecule has 0 amide bonds. The van der Waals surface area contributed by atoms with Gasteiger partial charge in [0.1, 0.15) is 11.5 Å². The van der Waals surface area contributed by atoms with Crippen LogP contribution in [-0.2, 0) is 13.1 Å². The maximum absolute atomic E-state index is 5.52. The van der Waals surface area contributed by atoms with E-state index in [9.17, 15) is 0 Å². The van der Waals surface area contributed by atoms with Gasteiger partial charge in [0, 0.05) is 24.3 Å². The average molecular weight is 252 g/mol. The molecule has 0 aliphatic carbocycles. The Morgan fingerprint density at radius 3 is 2.84 bits per heavy atom. The van der Waals surface area contributed by atoms with Gasteiger partial charge in [-0.1, -0.05) is 12.1 Å². The van der Waals surface area contributed by atoms with Gasteiger partial charge in [-0.25, -0.2) is 0 Å². The summed E-state index contributed by atoms with van der Waals surface area (Å²) in [4.78, 5) is 4.12. The van der Waals surface area contributed by atoms with Crippen molar-refractivity contribution in [3.05, 3.63) is 65.9 Å². The molecule has 19 heavy (non-hydrogen) atoms. The molecule has 0 radical (unpaired) electrons. The Morgan fingerprint density at radius 1 is 1.05 bits per heavy atom. The third kappa shape index (κ3) is 2.83. The first-order valence-electron chi connectivity index (χ1n) is 6.40. The average Bonchev–Trinajstić information content (AvgIpc) is 2.84. The molecule has 0 fully saturated rings. The molecule has 3 rings (SSSR count). The molecular weight excluding hydrogens is 236 g/mol. The van der Waals surface area contributed by atoms with Gasteiger partial charge in [-0.3, -0.25) is 4.98 Å². The highest BCUT2D eigenvalue weighted by Crippen LogP contribution is 2.14. The fraction of sp³-hybridized carbons (Fsp3) is 0.188. The number of furan rings is 1. The summed E-state index contributed by atoms with van der Waals surface area (Å²) in [5.74, 6) is 1.93. The second-order valence-corrected chi connectivity index (χ2v) is 4.67. The summed E-state index contributed by atoms with van der Waals surface area (Å²) in [6.45, 7) is 3.54. The summed E-state index contributed by atoms with van der Waals surface area (Å²) in [7, 11) is 0. The number of nitrogens with one attached hydrogen (secondary N) is 1. The highest BCUT2D eigenvalue weighted by molar-refractivity contribution is 5.81. The van der Waals surface area contributed by atoms with Crippen LogP contribution >= 0.6 is 0 Å². The maximum atomic E-state index is 5.52. The number of aryl methyl sites for hydroxylation is 1. The van der Waals surface area contributed by atoms with E-state index in [1.165, 1.54) is 16.3 Å². The first kappa shape index (κ1) is 11.9. The van der Waals surface area contributed by atoms with Gasteiger partial charge in [-0.2, -0.15) is 0 Å². The minimum absolute atomic E-state index is 0.752. The van der Waals surface area contributed by atoms with E-state index in [1.54, 1.807) is 0 Å². The standard InChI is InChI=1S/C16H16N2O/c1-12-2-5-16(19-12)11-18-9-13-3-4-15-10-17-7-6-14(15)8-13/h2-8,10,18H,9,11H2,1H3. The van der Waals surface area contributed by atoms with Crippen LogP contribution in [0.4, 0.5) is 0 Å². The summed E-state index contributed by atoms with van der Waals surface area (Å²) in [5, 5.41) is 5.79. The molecule has 0 aliphatic heterocycles. The zero-order chi connectivity index (χ0) is 13.1. The number of fused-ring (bicyclic) bond motifs is 1. The van der Waals surface area contributed by atoms with Gasteiger partial charge in [-0.05, 0) is 42.1 Å². The summed E-state index contributed by atoms with van der Waals surface area (Å²) < 4.78 is 5.52. The third-order valence-corrected chi connectivity index (χ3v) is 3.13. The number of hydrogen-bond donors (Lipinski definition) is 1. The van der Waals surface area contributed by atoms with Crippen molar-refractivity contribution in [1.82, 2.24) is 10.3 Å². The monoisotopic (exact) mass is 252 g/mol. The van der Waals surface area contributed by atoms with Gasteiger partial charge in [0.05, 0.1) is 6.54 Å². The van der Waals surface area contributed by atoms with E-state index in [2.05, 4.69) is 28.5 Å². The van der Waals surface area contributed by atoms with Gasteiger partial charge < -0.3 is 9.73 Å². The van der Waals surface area contributed by atoms with Crippen LogP contribution in [0.2, 0.25) is 0 Å². The van der Waals surface area contributed by atoms with Crippen molar-refractivity contribution in [2.24, 2.45) is 0 Å². The molecular formula is C16H16N2O. The molecule has 0 aliphatic rings. The van der Waals surface area contributed by atoms with Crippen LogP contribution in [0.15, 0.2) is 53.2 Å². The number of hydrogen-bond acceptors (Lipinski definition) is 3. The molecule has 0 saturated carbocycles. The lowest BCUT2D eigenvalue weighted by Gasteiger charge is -2.05. The second kappa shape index (κ2) is 5.24. The zero-order valence-corrected chi connectivity index (χ0v) is 10.9. The summed E-state index contributed by atoms with van der Waals surface area (Å²) >= 11 is 0. The van der Waals surface area contributed by atoms with Crippen LogP contribution in [0.5, 0.6) is 0 Å². The third-order valence-electron chi connectivity index (χ3n) is 3.13. The summed E-state index contributed by atoms with van der Waals surface area (Å²) in [6, 6.07) is 12.5. The van der Waals surface area contributed by atoms with Crippen molar-refractivity contribution in [3.8, 4) is 0 Å². The van der Waals surface area contributed by atoms with Gasteiger partial charge >= 0.3 is 0 Å². The van der Waals surface area contributed by atoms with Gasteiger partial charge in [0.2, 0.25) is 0 Å². The molecule has 0 unspecified atom stereocenters. The smallest absolute Gasteiger partial charge is 0.117 e. The summed E-state index contributed by atoms with van der Waals surface area (Å²) in [6.07, 6.45) is 3.71. The number of benzene rings is 1. The number of nitrogens with zero attached hydrogens (tertiary/aromatic N) is 1. The van der Waals surface area contributed by atoms with Crippen molar-refractivity contribution in [2.75, 3.05) is 0 Å². The SMILES string of the molecule is Cc1ccc(CNCc2ccc3cnccc3c2)o1. The molecule has 1 N–H and O–H groups in total. The van der Waals surface area contributed by atoms with Crippen LogP contribution in [-0.4, -0.2) is 4.98 Å². The molecule has 0 saturated heterocycles. The van der Waals surface area contributed by atoms with E-state index in [1.807, 2.05) is 37.5 Å². The van der Waals surface area contributed by atoms with Crippen molar-refractivity contribution < 1.29 is 4.42 Å². The lowest BCUT2D eigenvalue weighted by molar-refractivity contribution is 0.462. The van der Waals surface area contributed by atoms with E-state index < -0.39 is 0 Å². The highest BCUT2D eigenvalue weighted by atomic mass is 16.3. The Labute approximate surface area is 112 Å². The predicted octanol–water partition coefficient (Wildman–Crippen LogP) is 3.43. The number of pyridine rings is 1. The van der Waals surface area contributed by atoms with Gasteiger partial charge in [-0.15, -0.1) is 0 Å². The molecule has 3 nitrogen and oxygen atoms in total. The minimum Gasteiger partial charge on any atom is -0.465 e. The Hall–Kier alpha value is -2.13. The van der Waals surface area contributed by atoms with Gasteiger partial charge in [0.15, 0.2) is 0 Å². The Balaban J connectivity index is 1.65. The molecule has 96 valence electrons. The summed E-state index contributed by atoms with van der Waals surface area (Å²) in [5.41, 5.74) is 1.27. The van der Waals surface area contributed by atoms with Crippen molar-refractivity contribution in [3.63, 3.8) is 0 Å². The van der Waals surface area contributed by atoms with Crippen LogP contribution in [0.1, 0.15) is 17.1 Å². The normalized spacial score (nSPS) is 11.0. The molecule has 0 bridgehead atoms. The first-order chi connectivity index (χ1) is 9.31. The zero-order valence-electron chi connectivity index (χ0n) is 10.9. The van der Waals surface area contributed by atoms with E-state index in [-0.39, 0.29) is 0 Å². The maximum Gasteiger partial charge on any atom is 0.117 e. The Morgan fingerprint density at radius 2 is 2.00 bits per heavy atom. The number of rotatable bonds is 4. The molecule has 3 heteroatoms. The topological polar surface area (TPSA) is 38.1 Å². The minimum atomic E-state index is 0.752. The molecule has 2 aromatic heterocycles. The largest absolute Gasteiger partial charge is 0.465 e. The van der Waals surface area contributed by atoms with Crippen LogP contribution in [0.25, 0.3) is 10.8 Å². The van der Waals surface area contributed by atoms with Crippen LogP contribution < -0.4 is 5.32 Å². The Kier molecular flexibility index (Phi) is 3.29. The fourth-order valence-corrected chi connectivity index (χ4v) is 2.15. The van der Waals surface area contributed by atoms with Crippen molar-refractivity contribution in [2.45, 2.75) is 20.0 Å². The van der Waals surface area contributed by atoms with E-state index >= 15 is 0 Å². The van der Waals surface area contributed by atoms with Crippen LogP contribution in [0.3, 0.4) is 0 Å². The van der Waals surface area contributed by atoms with Crippen molar-refractivity contribution in [1.29, 1.82) is 0 Å².